The zero-order valence-electron chi connectivity index (χ0n) is 14.7. The molecule has 0 saturated carbocycles. The number of imide groups is 1. The molecule has 0 aromatic heterocycles. The molecule has 0 fully saturated rings. The van der Waals surface area contributed by atoms with Crippen LogP contribution < -0.4 is 10.1 Å². The number of fused-ring (bicyclic) bond motifs is 1. The molecule has 3 amide bonds. The summed E-state index contributed by atoms with van der Waals surface area (Å²) in [6.07, 6.45) is 0. The van der Waals surface area contributed by atoms with Gasteiger partial charge < -0.3 is 14.8 Å². The lowest BCUT2D eigenvalue weighted by Gasteiger charge is -2.13. The summed E-state index contributed by atoms with van der Waals surface area (Å²) < 4.78 is 9.97. The lowest BCUT2D eigenvalue weighted by Crippen LogP contribution is -2.36. The fraction of sp³-hybridized carbons (Fsp3) is 0.158. The van der Waals surface area contributed by atoms with E-state index < -0.39 is 36.8 Å². The molecule has 0 unspecified atom stereocenters. The third kappa shape index (κ3) is 3.96. The summed E-state index contributed by atoms with van der Waals surface area (Å²) in [5.41, 5.74) is 0.772. The second-order valence-corrected chi connectivity index (χ2v) is 6.23. The first-order chi connectivity index (χ1) is 13.4. The fourth-order valence-corrected chi connectivity index (χ4v) is 2.84. The van der Waals surface area contributed by atoms with Crippen molar-refractivity contribution in [1.29, 1.82) is 0 Å². The number of anilines is 1. The molecular weight excluding hydrogens is 388 g/mol. The Morgan fingerprint density at radius 1 is 1.07 bits per heavy atom. The minimum Gasteiger partial charge on any atom is -0.495 e. The fourth-order valence-electron chi connectivity index (χ4n) is 2.67. The molecule has 0 bridgehead atoms. The molecule has 2 aromatic carbocycles. The third-order valence-electron chi connectivity index (χ3n) is 3.97. The molecule has 144 valence electrons. The molecule has 28 heavy (non-hydrogen) atoms. The molecule has 1 heterocycles. The number of nitrogens with one attached hydrogen (secondary N) is 1. The second-order valence-electron chi connectivity index (χ2n) is 5.80. The number of rotatable bonds is 6. The van der Waals surface area contributed by atoms with Gasteiger partial charge in [-0.15, -0.1) is 0 Å². The van der Waals surface area contributed by atoms with Gasteiger partial charge in [-0.25, -0.2) is 0 Å². The van der Waals surface area contributed by atoms with Gasteiger partial charge in [0.1, 0.15) is 12.3 Å². The summed E-state index contributed by atoms with van der Waals surface area (Å²) in [6, 6.07) is 10.9. The van der Waals surface area contributed by atoms with Crippen molar-refractivity contribution < 1.29 is 28.7 Å². The highest BCUT2D eigenvalue weighted by atomic mass is 35.5. The summed E-state index contributed by atoms with van der Waals surface area (Å²) >= 11 is 5.88. The normalized spacial score (nSPS) is 12.6. The van der Waals surface area contributed by atoms with Crippen LogP contribution in [0.2, 0.25) is 5.02 Å². The Labute approximate surface area is 165 Å². The van der Waals surface area contributed by atoms with Crippen LogP contribution in [0.1, 0.15) is 20.7 Å². The first kappa shape index (κ1) is 19.4. The highest BCUT2D eigenvalue weighted by Gasteiger charge is 2.36. The summed E-state index contributed by atoms with van der Waals surface area (Å²) in [4.78, 5) is 49.2. The Bertz CT molecular complexity index is 940. The zero-order chi connectivity index (χ0) is 20.3. The topological polar surface area (TPSA) is 102 Å². The standard InChI is InChI=1S/C19H15ClN2O6/c1-27-15-7-6-11(20)8-14(15)21-16(23)10-28-17(24)9-22-18(25)12-4-2-3-5-13(12)19(22)26/h2-8H,9-10H2,1H3,(H,21,23). The molecular formula is C19H15ClN2O6. The van der Waals surface area contributed by atoms with E-state index in [1.54, 1.807) is 24.3 Å². The third-order valence-corrected chi connectivity index (χ3v) is 4.20. The van der Waals surface area contributed by atoms with Crippen molar-refractivity contribution in [2.24, 2.45) is 0 Å². The van der Waals surface area contributed by atoms with Gasteiger partial charge in [0.05, 0.1) is 23.9 Å². The van der Waals surface area contributed by atoms with Gasteiger partial charge >= 0.3 is 5.97 Å². The molecule has 0 saturated heterocycles. The van der Waals surface area contributed by atoms with E-state index >= 15 is 0 Å². The first-order valence-corrected chi connectivity index (χ1v) is 8.52. The molecule has 3 rings (SSSR count). The van der Waals surface area contributed by atoms with Gasteiger partial charge in [-0.3, -0.25) is 24.1 Å². The van der Waals surface area contributed by atoms with Crippen LogP contribution in [0.4, 0.5) is 5.69 Å². The van der Waals surface area contributed by atoms with E-state index in [0.717, 1.165) is 4.90 Å². The van der Waals surface area contributed by atoms with E-state index in [-0.39, 0.29) is 11.1 Å². The van der Waals surface area contributed by atoms with E-state index in [2.05, 4.69) is 5.32 Å². The summed E-state index contributed by atoms with van der Waals surface area (Å²) in [5, 5.41) is 2.90. The summed E-state index contributed by atoms with van der Waals surface area (Å²) in [6.45, 7) is -1.18. The average molecular weight is 403 g/mol. The van der Waals surface area contributed by atoms with E-state index in [1.807, 2.05) is 0 Å². The Hall–Kier alpha value is -3.39. The van der Waals surface area contributed by atoms with Gasteiger partial charge in [-0.1, -0.05) is 23.7 Å². The van der Waals surface area contributed by atoms with Gasteiger partial charge in [0.25, 0.3) is 17.7 Å². The van der Waals surface area contributed by atoms with Crippen molar-refractivity contribution in [1.82, 2.24) is 4.90 Å². The average Bonchev–Trinajstić information content (AvgIpc) is 2.92. The molecule has 2 aromatic rings. The van der Waals surface area contributed by atoms with E-state index in [9.17, 15) is 19.2 Å². The van der Waals surface area contributed by atoms with Crippen molar-refractivity contribution in [2.45, 2.75) is 0 Å². The monoisotopic (exact) mass is 402 g/mol. The van der Waals surface area contributed by atoms with Crippen LogP contribution in [0.5, 0.6) is 5.75 Å². The number of carbonyl (C=O) groups excluding carboxylic acids is 4. The largest absolute Gasteiger partial charge is 0.495 e. The van der Waals surface area contributed by atoms with Crippen LogP contribution in [-0.4, -0.2) is 48.9 Å². The van der Waals surface area contributed by atoms with Gasteiger partial charge in [0, 0.05) is 5.02 Å². The van der Waals surface area contributed by atoms with Crippen LogP contribution >= 0.6 is 11.6 Å². The summed E-state index contributed by atoms with van der Waals surface area (Å²) in [7, 11) is 1.43. The lowest BCUT2D eigenvalue weighted by atomic mass is 10.1. The Morgan fingerprint density at radius 2 is 1.71 bits per heavy atom. The van der Waals surface area contributed by atoms with Crippen LogP contribution in [0.25, 0.3) is 0 Å². The molecule has 0 spiro atoms. The van der Waals surface area contributed by atoms with Crippen LogP contribution in [0, 0.1) is 0 Å². The maximum absolute atomic E-state index is 12.2. The minimum absolute atomic E-state index is 0.228. The Kier molecular flexibility index (Phi) is 5.60. The molecule has 0 radical (unpaired) electrons. The van der Waals surface area contributed by atoms with Crippen molar-refractivity contribution in [3.8, 4) is 5.75 Å². The van der Waals surface area contributed by atoms with Crippen LogP contribution in [0.3, 0.4) is 0 Å². The number of halogens is 1. The predicted octanol–water partition coefficient (Wildman–Crippen LogP) is 2.13. The van der Waals surface area contributed by atoms with Crippen LogP contribution in [0.15, 0.2) is 42.5 Å². The van der Waals surface area contributed by atoms with E-state index in [0.29, 0.717) is 16.5 Å². The number of ether oxygens (including phenoxy) is 2. The number of esters is 1. The van der Waals surface area contributed by atoms with E-state index in [4.69, 9.17) is 21.1 Å². The number of hydrogen-bond donors (Lipinski definition) is 1. The summed E-state index contributed by atoms with van der Waals surface area (Å²) in [5.74, 6) is -2.29. The molecule has 1 aliphatic heterocycles. The van der Waals surface area contributed by atoms with E-state index in [1.165, 1.54) is 25.3 Å². The van der Waals surface area contributed by atoms with Crippen molar-refractivity contribution in [2.75, 3.05) is 25.6 Å². The first-order valence-electron chi connectivity index (χ1n) is 8.15. The zero-order valence-corrected chi connectivity index (χ0v) is 15.5. The van der Waals surface area contributed by atoms with Crippen molar-refractivity contribution in [3.05, 3.63) is 58.6 Å². The maximum Gasteiger partial charge on any atom is 0.326 e. The van der Waals surface area contributed by atoms with Gasteiger partial charge in [-0.05, 0) is 30.3 Å². The SMILES string of the molecule is COc1ccc(Cl)cc1NC(=O)COC(=O)CN1C(=O)c2ccccc2C1=O. The molecule has 8 nitrogen and oxygen atoms in total. The number of amides is 3. The lowest BCUT2D eigenvalue weighted by molar-refractivity contribution is -0.147. The molecule has 0 atom stereocenters. The Balaban J connectivity index is 1.55. The highest BCUT2D eigenvalue weighted by molar-refractivity contribution is 6.31. The minimum atomic E-state index is -0.886. The molecule has 1 aliphatic rings. The van der Waals surface area contributed by atoms with Crippen molar-refractivity contribution >= 4 is 41.0 Å². The van der Waals surface area contributed by atoms with Crippen LogP contribution in [-0.2, 0) is 14.3 Å². The maximum atomic E-state index is 12.2. The smallest absolute Gasteiger partial charge is 0.326 e. The number of methoxy groups -OCH3 is 1. The number of carbonyl (C=O) groups is 4. The molecule has 9 heteroatoms. The number of nitrogens with zero attached hydrogens (tertiary/aromatic N) is 1. The predicted molar refractivity (Wildman–Crippen MR) is 99.4 cm³/mol. The van der Waals surface area contributed by atoms with Gasteiger partial charge in [0.2, 0.25) is 0 Å². The molecule has 0 aliphatic carbocycles. The Morgan fingerprint density at radius 3 is 2.32 bits per heavy atom. The van der Waals surface area contributed by atoms with Crippen molar-refractivity contribution in [3.63, 3.8) is 0 Å². The second kappa shape index (κ2) is 8.10. The molecule has 1 N–H and O–H groups in total. The van der Waals surface area contributed by atoms with Gasteiger partial charge in [0.15, 0.2) is 6.61 Å². The highest BCUT2D eigenvalue weighted by Crippen LogP contribution is 2.27. The quantitative estimate of drug-likeness (QED) is 0.586. The number of benzene rings is 2. The number of hydrogen-bond acceptors (Lipinski definition) is 6. The van der Waals surface area contributed by atoms with Gasteiger partial charge in [-0.2, -0.15) is 0 Å².